The van der Waals surface area contributed by atoms with E-state index in [9.17, 15) is 0 Å². The maximum absolute atomic E-state index is 4.82. The van der Waals surface area contributed by atoms with Crippen molar-refractivity contribution < 1.29 is 0 Å². The summed E-state index contributed by atoms with van der Waals surface area (Å²) in [5.41, 5.74) is 7.69. The molecule has 1 aliphatic rings. The zero-order chi connectivity index (χ0) is 27.4. The second-order valence-electron chi connectivity index (χ2n) is 11.7. The number of pyridine rings is 3. The van der Waals surface area contributed by atoms with Gasteiger partial charge < -0.3 is 5.32 Å². The Labute approximate surface area is 233 Å². The Hall–Kier alpha value is -3.61. The zero-order valence-corrected chi connectivity index (χ0v) is 23.9. The van der Waals surface area contributed by atoms with E-state index < -0.39 is 0 Å². The van der Waals surface area contributed by atoms with Crippen LogP contribution < -0.4 is 5.32 Å². The van der Waals surface area contributed by atoms with Gasteiger partial charge >= 0.3 is 0 Å². The summed E-state index contributed by atoms with van der Waals surface area (Å²) in [6.07, 6.45) is 5.67. The molecular weight excluding hydrogens is 480 g/mol. The standard InChI is InChI=1S/C33H40N6/c1-24(2)36-32-20-27(19-31(37-32)30-8-6-7-13-35-30)29-18-28(21-34-22-29)26-11-9-25(10-12-26)23-38-14-16-39(17-15-38)33(3,4)5/h6-13,18-22,24H,14-17,23H2,1-5H3,(H,36,37). The molecule has 4 heterocycles. The molecule has 202 valence electrons. The van der Waals surface area contributed by atoms with Gasteiger partial charge in [-0.05, 0) is 81.6 Å². The maximum atomic E-state index is 4.82. The van der Waals surface area contributed by atoms with Crippen LogP contribution in [0.15, 0.2) is 79.3 Å². The second-order valence-corrected chi connectivity index (χ2v) is 11.7. The van der Waals surface area contributed by atoms with E-state index in [2.05, 4.69) is 102 Å². The molecule has 0 aliphatic carbocycles. The number of anilines is 1. The first kappa shape index (κ1) is 27.0. The molecule has 39 heavy (non-hydrogen) atoms. The second kappa shape index (κ2) is 11.6. The number of piperazine rings is 1. The van der Waals surface area contributed by atoms with Gasteiger partial charge in [-0.15, -0.1) is 0 Å². The summed E-state index contributed by atoms with van der Waals surface area (Å²) in [7, 11) is 0. The molecule has 1 aliphatic heterocycles. The number of nitrogens with one attached hydrogen (secondary N) is 1. The Morgan fingerprint density at radius 3 is 2.15 bits per heavy atom. The number of hydrogen-bond donors (Lipinski definition) is 1. The molecule has 1 fully saturated rings. The molecule has 0 bridgehead atoms. The van der Waals surface area contributed by atoms with E-state index in [0.717, 1.165) is 66.6 Å². The van der Waals surface area contributed by atoms with Gasteiger partial charge in [0.2, 0.25) is 0 Å². The molecule has 3 aromatic heterocycles. The fourth-order valence-corrected chi connectivity index (χ4v) is 5.11. The van der Waals surface area contributed by atoms with Crippen LogP contribution in [0.2, 0.25) is 0 Å². The van der Waals surface area contributed by atoms with Crippen molar-refractivity contribution in [1.29, 1.82) is 0 Å². The van der Waals surface area contributed by atoms with Gasteiger partial charge in [-0.1, -0.05) is 30.3 Å². The first-order valence-corrected chi connectivity index (χ1v) is 14.0. The third-order valence-electron chi connectivity index (χ3n) is 7.28. The number of hydrogen-bond acceptors (Lipinski definition) is 6. The average molecular weight is 521 g/mol. The van der Waals surface area contributed by atoms with Crippen molar-refractivity contribution in [1.82, 2.24) is 24.8 Å². The van der Waals surface area contributed by atoms with Crippen LogP contribution in [0.4, 0.5) is 5.82 Å². The Morgan fingerprint density at radius 2 is 1.51 bits per heavy atom. The highest BCUT2D eigenvalue weighted by atomic mass is 15.3. The van der Waals surface area contributed by atoms with Gasteiger partial charge in [0, 0.05) is 74.0 Å². The molecule has 1 N–H and O–H groups in total. The molecule has 0 saturated carbocycles. The first-order chi connectivity index (χ1) is 18.7. The summed E-state index contributed by atoms with van der Waals surface area (Å²) >= 11 is 0. The monoisotopic (exact) mass is 520 g/mol. The quantitative estimate of drug-likeness (QED) is 0.296. The van der Waals surface area contributed by atoms with Crippen molar-refractivity contribution in [2.24, 2.45) is 0 Å². The molecule has 0 spiro atoms. The van der Waals surface area contributed by atoms with Gasteiger partial charge in [0.25, 0.3) is 0 Å². The van der Waals surface area contributed by atoms with Gasteiger partial charge in [0.15, 0.2) is 0 Å². The molecular formula is C33H40N6. The van der Waals surface area contributed by atoms with E-state index in [1.165, 1.54) is 11.1 Å². The molecule has 0 atom stereocenters. The molecule has 0 unspecified atom stereocenters. The Balaban J connectivity index is 1.34. The van der Waals surface area contributed by atoms with Crippen LogP contribution >= 0.6 is 0 Å². The van der Waals surface area contributed by atoms with Crippen LogP contribution in [0.5, 0.6) is 0 Å². The summed E-state index contributed by atoms with van der Waals surface area (Å²) in [5.74, 6) is 0.834. The Morgan fingerprint density at radius 1 is 0.795 bits per heavy atom. The average Bonchev–Trinajstić information content (AvgIpc) is 2.93. The van der Waals surface area contributed by atoms with Crippen molar-refractivity contribution in [2.45, 2.75) is 52.7 Å². The predicted molar refractivity (Wildman–Crippen MR) is 161 cm³/mol. The SMILES string of the molecule is CC(C)Nc1cc(-c2cncc(-c3ccc(CN4CCN(C(C)(C)C)CC4)cc3)c2)cc(-c2ccccn2)n1. The lowest BCUT2D eigenvalue weighted by Crippen LogP contribution is -2.53. The summed E-state index contributed by atoms with van der Waals surface area (Å²) in [5, 5.41) is 3.45. The molecule has 6 heteroatoms. The minimum Gasteiger partial charge on any atom is -0.368 e. The van der Waals surface area contributed by atoms with Gasteiger partial charge in [0.1, 0.15) is 5.82 Å². The van der Waals surface area contributed by atoms with E-state index >= 15 is 0 Å². The van der Waals surface area contributed by atoms with Crippen LogP contribution in [0.3, 0.4) is 0 Å². The lowest BCUT2D eigenvalue weighted by atomic mass is 10.0. The Kier molecular flexibility index (Phi) is 8.05. The molecule has 1 aromatic carbocycles. The van der Waals surface area contributed by atoms with E-state index in [1.807, 2.05) is 30.6 Å². The van der Waals surface area contributed by atoms with Crippen LogP contribution in [0.1, 0.15) is 40.2 Å². The highest BCUT2D eigenvalue weighted by Gasteiger charge is 2.25. The fourth-order valence-electron chi connectivity index (χ4n) is 5.11. The van der Waals surface area contributed by atoms with Gasteiger partial charge in [-0.25, -0.2) is 4.98 Å². The van der Waals surface area contributed by atoms with Crippen molar-refractivity contribution in [3.05, 3.63) is 84.8 Å². The highest BCUT2D eigenvalue weighted by molar-refractivity contribution is 5.76. The van der Waals surface area contributed by atoms with Gasteiger partial charge in [0.05, 0.1) is 11.4 Å². The van der Waals surface area contributed by atoms with Crippen LogP contribution in [-0.4, -0.2) is 62.5 Å². The van der Waals surface area contributed by atoms with Gasteiger partial charge in [-0.2, -0.15) is 0 Å². The molecule has 4 aromatic rings. The summed E-state index contributed by atoms with van der Waals surface area (Å²) in [6, 6.07) is 21.5. The van der Waals surface area contributed by atoms with E-state index in [-0.39, 0.29) is 11.6 Å². The minimum atomic E-state index is 0.249. The predicted octanol–water partition coefficient (Wildman–Crippen LogP) is 6.61. The number of rotatable bonds is 7. The van der Waals surface area contributed by atoms with Crippen LogP contribution in [0.25, 0.3) is 33.6 Å². The highest BCUT2D eigenvalue weighted by Crippen LogP contribution is 2.30. The number of aromatic nitrogens is 3. The van der Waals surface area contributed by atoms with Crippen molar-refractivity contribution in [3.8, 4) is 33.6 Å². The molecule has 0 amide bonds. The Bertz CT molecular complexity index is 1370. The lowest BCUT2D eigenvalue weighted by Gasteiger charge is -2.42. The minimum absolute atomic E-state index is 0.249. The lowest BCUT2D eigenvalue weighted by molar-refractivity contribution is 0.0591. The van der Waals surface area contributed by atoms with Crippen molar-refractivity contribution in [3.63, 3.8) is 0 Å². The summed E-state index contributed by atoms with van der Waals surface area (Å²) in [4.78, 5) is 19.1. The zero-order valence-electron chi connectivity index (χ0n) is 23.9. The molecule has 0 radical (unpaired) electrons. The maximum Gasteiger partial charge on any atom is 0.127 e. The molecule has 6 nitrogen and oxygen atoms in total. The van der Waals surface area contributed by atoms with E-state index in [0.29, 0.717) is 0 Å². The van der Waals surface area contributed by atoms with Crippen LogP contribution in [-0.2, 0) is 6.54 Å². The van der Waals surface area contributed by atoms with Crippen molar-refractivity contribution in [2.75, 3.05) is 31.5 Å². The van der Waals surface area contributed by atoms with E-state index in [1.54, 1.807) is 6.20 Å². The van der Waals surface area contributed by atoms with E-state index in [4.69, 9.17) is 4.98 Å². The third-order valence-corrected chi connectivity index (χ3v) is 7.28. The number of benzene rings is 1. The fraction of sp³-hybridized carbons (Fsp3) is 0.364. The van der Waals surface area contributed by atoms with Crippen molar-refractivity contribution >= 4 is 5.82 Å². The molecule has 1 saturated heterocycles. The topological polar surface area (TPSA) is 57.2 Å². The van der Waals surface area contributed by atoms with Crippen LogP contribution in [0, 0.1) is 0 Å². The summed E-state index contributed by atoms with van der Waals surface area (Å²) in [6.45, 7) is 16.6. The normalized spacial score (nSPS) is 15.0. The first-order valence-electron chi connectivity index (χ1n) is 14.0. The largest absolute Gasteiger partial charge is 0.368 e. The van der Waals surface area contributed by atoms with Gasteiger partial charge in [-0.3, -0.25) is 19.8 Å². The number of nitrogens with zero attached hydrogens (tertiary/aromatic N) is 5. The molecule has 5 rings (SSSR count). The third kappa shape index (κ3) is 6.88. The smallest absolute Gasteiger partial charge is 0.127 e. The summed E-state index contributed by atoms with van der Waals surface area (Å²) < 4.78 is 0.